The smallest absolute Gasteiger partial charge is 0.275 e. The predicted octanol–water partition coefficient (Wildman–Crippen LogP) is 2.39. The molecule has 0 radical (unpaired) electrons. The highest BCUT2D eigenvalue weighted by Gasteiger charge is 2.09. The van der Waals surface area contributed by atoms with Crippen LogP contribution < -0.4 is 10.6 Å². The summed E-state index contributed by atoms with van der Waals surface area (Å²) in [4.78, 5) is 20.1. The zero-order valence-electron chi connectivity index (χ0n) is 11.2. The number of anilines is 2. The van der Waals surface area contributed by atoms with E-state index in [0.29, 0.717) is 11.5 Å². The van der Waals surface area contributed by atoms with Gasteiger partial charge < -0.3 is 10.6 Å². The van der Waals surface area contributed by atoms with E-state index in [1.54, 1.807) is 7.05 Å². The van der Waals surface area contributed by atoms with Gasteiger partial charge in [-0.25, -0.2) is 9.97 Å². The van der Waals surface area contributed by atoms with E-state index in [-0.39, 0.29) is 5.91 Å². The zero-order valence-corrected chi connectivity index (χ0v) is 11.2. The predicted molar refractivity (Wildman–Crippen MR) is 75.4 cm³/mol. The number of hydrogen-bond donors (Lipinski definition) is 2. The molecule has 1 aromatic carbocycles. The lowest BCUT2D eigenvalue weighted by Gasteiger charge is -2.08. The first-order valence-electron chi connectivity index (χ1n) is 5.98. The molecule has 0 unspecified atom stereocenters. The van der Waals surface area contributed by atoms with Crippen molar-refractivity contribution in [3.63, 3.8) is 0 Å². The molecule has 5 heteroatoms. The summed E-state index contributed by atoms with van der Waals surface area (Å²) >= 11 is 0. The normalized spacial score (nSPS) is 10.1. The minimum absolute atomic E-state index is 0.262. The van der Waals surface area contributed by atoms with E-state index in [1.807, 2.05) is 32.0 Å². The molecule has 98 valence electrons. The van der Waals surface area contributed by atoms with E-state index >= 15 is 0 Å². The molecule has 2 N–H and O–H groups in total. The van der Waals surface area contributed by atoms with Crippen LogP contribution in [0.15, 0.2) is 30.6 Å². The number of benzene rings is 1. The zero-order chi connectivity index (χ0) is 13.8. The molecular weight excluding hydrogens is 240 g/mol. The van der Waals surface area contributed by atoms with Crippen LogP contribution >= 0.6 is 0 Å². The van der Waals surface area contributed by atoms with Gasteiger partial charge >= 0.3 is 0 Å². The topological polar surface area (TPSA) is 66.9 Å². The summed E-state index contributed by atoms with van der Waals surface area (Å²) < 4.78 is 0. The Kier molecular flexibility index (Phi) is 3.75. The van der Waals surface area contributed by atoms with Crippen molar-refractivity contribution in [1.82, 2.24) is 9.97 Å². The molecule has 1 aromatic heterocycles. The highest BCUT2D eigenvalue weighted by Crippen LogP contribution is 2.16. The summed E-state index contributed by atoms with van der Waals surface area (Å²) in [7, 11) is 1.75. The van der Waals surface area contributed by atoms with Crippen molar-refractivity contribution in [3.05, 3.63) is 47.4 Å². The monoisotopic (exact) mass is 256 g/mol. The van der Waals surface area contributed by atoms with Crippen LogP contribution in [0.5, 0.6) is 0 Å². The Morgan fingerprint density at radius 3 is 2.53 bits per heavy atom. The Balaban J connectivity index is 2.15. The van der Waals surface area contributed by atoms with Gasteiger partial charge in [0.15, 0.2) is 0 Å². The Hall–Kier alpha value is -2.43. The van der Waals surface area contributed by atoms with Crippen molar-refractivity contribution in [2.45, 2.75) is 13.8 Å². The van der Waals surface area contributed by atoms with E-state index in [1.165, 1.54) is 12.4 Å². The fourth-order valence-corrected chi connectivity index (χ4v) is 1.71. The molecule has 0 saturated carbocycles. The van der Waals surface area contributed by atoms with Crippen molar-refractivity contribution < 1.29 is 4.79 Å². The first-order chi connectivity index (χ1) is 9.10. The molecule has 0 fully saturated rings. The number of carbonyl (C=O) groups excluding carboxylic acids is 1. The lowest BCUT2D eigenvalue weighted by Crippen LogP contribution is -2.15. The van der Waals surface area contributed by atoms with Crippen LogP contribution in [0.3, 0.4) is 0 Å². The Labute approximate surface area is 112 Å². The fraction of sp³-hybridized carbons (Fsp3) is 0.214. The molecule has 2 aromatic rings. The largest absolute Gasteiger partial charge is 0.372 e. The van der Waals surface area contributed by atoms with Crippen molar-refractivity contribution in [1.29, 1.82) is 0 Å². The van der Waals surface area contributed by atoms with Gasteiger partial charge in [-0.15, -0.1) is 0 Å². The number of nitrogens with zero attached hydrogens (tertiary/aromatic N) is 2. The molecule has 2 rings (SSSR count). The molecule has 0 bridgehead atoms. The molecular formula is C14H16N4O. The first-order valence-corrected chi connectivity index (χ1v) is 5.98. The fourth-order valence-electron chi connectivity index (χ4n) is 1.71. The second-order valence-electron chi connectivity index (χ2n) is 4.31. The van der Waals surface area contributed by atoms with Gasteiger partial charge in [-0.3, -0.25) is 4.79 Å². The SMILES string of the molecule is CNc1cnc(C(=O)Nc2ccc(C)cc2C)cn1. The van der Waals surface area contributed by atoms with E-state index in [0.717, 1.165) is 16.8 Å². The Morgan fingerprint density at radius 1 is 1.16 bits per heavy atom. The van der Waals surface area contributed by atoms with Crippen molar-refractivity contribution in [2.75, 3.05) is 17.7 Å². The molecule has 5 nitrogen and oxygen atoms in total. The third kappa shape index (κ3) is 3.07. The molecule has 0 atom stereocenters. The molecule has 0 saturated heterocycles. The molecule has 0 spiro atoms. The number of aryl methyl sites for hydroxylation is 2. The molecule has 1 amide bonds. The van der Waals surface area contributed by atoms with E-state index in [4.69, 9.17) is 0 Å². The van der Waals surface area contributed by atoms with Gasteiger partial charge in [-0.05, 0) is 25.5 Å². The van der Waals surface area contributed by atoms with Gasteiger partial charge in [0.25, 0.3) is 5.91 Å². The third-order valence-electron chi connectivity index (χ3n) is 2.77. The van der Waals surface area contributed by atoms with Gasteiger partial charge in [0.1, 0.15) is 11.5 Å². The second kappa shape index (κ2) is 5.48. The minimum Gasteiger partial charge on any atom is -0.372 e. The minimum atomic E-state index is -0.262. The van der Waals surface area contributed by atoms with Crippen LogP contribution in [0, 0.1) is 13.8 Å². The molecule has 19 heavy (non-hydrogen) atoms. The third-order valence-corrected chi connectivity index (χ3v) is 2.77. The van der Waals surface area contributed by atoms with Crippen molar-refractivity contribution in [3.8, 4) is 0 Å². The number of carbonyl (C=O) groups is 1. The maximum atomic E-state index is 12.0. The van der Waals surface area contributed by atoms with Gasteiger partial charge in [0.05, 0.1) is 12.4 Å². The summed E-state index contributed by atoms with van der Waals surface area (Å²) in [5, 5.41) is 5.68. The van der Waals surface area contributed by atoms with Crippen molar-refractivity contribution >= 4 is 17.4 Å². The number of nitrogens with one attached hydrogen (secondary N) is 2. The highest BCUT2D eigenvalue weighted by molar-refractivity contribution is 6.03. The Morgan fingerprint density at radius 2 is 1.95 bits per heavy atom. The summed E-state index contributed by atoms with van der Waals surface area (Å²) in [6.07, 6.45) is 2.97. The lowest BCUT2D eigenvalue weighted by atomic mass is 10.1. The Bertz CT molecular complexity index is 593. The van der Waals surface area contributed by atoms with Gasteiger partial charge in [0, 0.05) is 12.7 Å². The first kappa shape index (κ1) is 13.0. The second-order valence-corrected chi connectivity index (χ2v) is 4.31. The molecule has 0 aliphatic carbocycles. The molecule has 0 aliphatic heterocycles. The number of rotatable bonds is 3. The van der Waals surface area contributed by atoms with E-state index in [9.17, 15) is 4.79 Å². The maximum absolute atomic E-state index is 12.0. The lowest BCUT2D eigenvalue weighted by molar-refractivity contribution is 0.102. The summed E-state index contributed by atoms with van der Waals surface area (Å²) in [6.45, 7) is 3.97. The summed E-state index contributed by atoms with van der Waals surface area (Å²) in [5.74, 6) is 0.366. The molecule has 1 heterocycles. The van der Waals surface area contributed by atoms with Crippen molar-refractivity contribution in [2.24, 2.45) is 0 Å². The van der Waals surface area contributed by atoms with Crippen LogP contribution in [-0.4, -0.2) is 22.9 Å². The average molecular weight is 256 g/mol. The van der Waals surface area contributed by atoms with Crippen LogP contribution in [0.25, 0.3) is 0 Å². The highest BCUT2D eigenvalue weighted by atomic mass is 16.1. The standard InChI is InChI=1S/C14H16N4O/c1-9-4-5-11(10(2)6-9)18-14(19)12-7-17-13(15-3)8-16-12/h4-8H,1-3H3,(H,15,17)(H,18,19). The summed E-state index contributed by atoms with van der Waals surface area (Å²) in [5.41, 5.74) is 3.26. The van der Waals surface area contributed by atoms with Crippen LogP contribution in [0.2, 0.25) is 0 Å². The van der Waals surface area contributed by atoms with Gasteiger partial charge in [-0.2, -0.15) is 0 Å². The number of aromatic nitrogens is 2. The number of amides is 1. The maximum Gasteiger partial charge on any atom is 0.275 e. The van der Waals surface area contributed by atoms with Gasteiger partial charge in [0.2, 0.25) is 0 Å². The quantitative estimate of drug-likeness (QED) is 0.884. The van der Waals surface area contributed by atoms with Crippen LogP contribution in [0.1, 0.15) is 21.6 Å². The van der Waals surface area contributed by atoms with Crippen LogP contribution in [0.4, 0.5) is 11.5 Å². The number of hydrogen-bond acceptors (Lipinski definition) is 4. The average Bonchev–Trinajstić information content (AvgIpc) is 2.42. The van der Waals surface area contributed by atoms with E-state index in [2.05, 4.69) is 20.6 Å². The molecule has 0 aliphatic rings. The summed E-state index contributed by atoms with van der Waals surface area (Å²) in [6, 6.07) is 5.86. The van der Waals surface area contributed by atoms with Gasteiger partial charge in [-0.1, -0.05) is 17.7 Å². The van der Waals surface area contributed by atoms with E-state index < -0.39 is 0 Å². The van der Waals surface area contributed by atoms with Crippen LogP contribution in [-0.2, 0) is 0 Å².